The van der Waals surface area contributed by atoms with E-state index in [2.05, 4.69) is 20.5 Å². The lowest BCUT2D eigenvalue weighted by Crippen LogP contribution is -2.11. The molecule has 0 radical (unpaired) electrons. The SMILES string of the molecule is Cc1ccc2c(N)c(C(=O)Nc3nnc(C)s3)sc2n1. The van der Waals surface area contributed by atoms with Crippen LogP contribution in [0.3, 0.4) is 0 Å². The van der Waals surface area contributed by atoms with Gasteiger partial charge in [-0.25, -0.2) is 4.98 Å². The lowest BCUT2D eigenvalue weighted by Gasteiger charge is -1.99. The number of thiophene rings is 1. The van der Waals surface area contributed by atoms with E-state index in [4.69, 9.17) is 5.73 Å². The number of nitrogens with two attached hydrogens (primary N) is 1. The predicted molar refractivity (Wildman–Crippen MR) is 81.4 cm³/mol. The van der Waals surface area contributed by atoms with E-state index in [9.17, 15) is 4.79 Å². The van der Waals surface area contributed by atoms with Crippen LogP contribution in [-0.4, -0.2) is 21.1 Å². The molecule has 0 saturated carbocycles. The van der Waals surface area contributed by atoms with Crippen LogP contribution in [0.5, 0.6) is 0 Å². The molecule has 0 aliphatic heterocycles. The molecule has 0 bridgehead atoms. The normalized spacial score (nSPS) is 10.9. The summed E-state index contributed by atoms with van der Waals surface area (Å²) in [6.45, 7) is 3.73. The fraction of sp³-hybridized carbons (Fsp3) is 0.167. The maximum Gasteiger partial charge on any atom is 0.269 e. The minimum Gasteiger partial charge on any atom is -0.397 e. The minimum absolute atomic E-state index is 0.278. The highest BCUT2D eigenvalue weighted by Crippen LogP contribution is 2.33. The molecule has 6 nitrogen and oxygen atoms in total. The zero-order valence-electron chi connectivity index (χ0n) is 10.8. The van der Waals surface area contributed by atoms with Gasteiger partial charge in [-0.3, -0.25) is 10.1 Å². The van der Waals surface area contributed by atoms with Gasteiger partial charge >= 0.3 is 0 Å². The van der Waals surface area contributed by atoms with Crippen LogP contribution in [0.1, 0.15) is 20.4 Å². The largest absolute Gasteiger partial charge is 0.397 e. The van der Waals surface area contributed by atoms with E-state index in [0.29, 0.717) is 15.7 Å². The summed E-state index contributed by atoms with van der Waals surface area (Å²) < 4.78 is 0. The molecule has 3 aromatic heterocycles. The topological polar surface area (TPSA) is 93.8 Å². The molecular formula is C12H11N5OS2. The third-order valence-corrected chi connectivity index (χ3v) is 4.55. The Bertz CT molecular complexity index is 807. The van der Waals surface area contributed by atoms with Gasteiger partial charge in [0.25, 0.3) is 5.91 Å². The number of hydrogen-bond donors (Lipinski definition) is 2. The first-order valence-corrected chi connectivity index (χ1v) is 7.45. The van der Waals surface area contributed by atoms with Crippen LogP contribution in [0.2, 0.25) is 0 Å². The zero-order valence-corrected chi connectivity index (χ0v) is 12.4. The number of nitrogens with one attached hydrogen (secondary N) is 1. The fourth-order valence-electron chi connectivity index (χ4n) is 1.76. The molecule has 1 amide bonds. The number of nitrogens with zero attached hydrogens (tertiary/aromatic N) is 3. The van der Waals surface area contributed by atoms with Crippen LogP contribution in [0, 0.1) is 13.8 Å². The van der Waals surface area contributed by atoms with Crippen LogP contribution in [0.25, 0.3) is 10.2 Å². The Morgan fingerprint density at radius 2 is 2.05 bits per heavy atom. The quantitative estimate of drug-likeness (QED) is 0.759. The number of fused-ring (bicyclic) bond motifs is 1. The summed E-state index contributed by atoms with van der Waals surface area (Å²) in [5.41, 5.74) is 7.37. The summed E-state index contributed by atoms with van der Waals surface area (Å²) in [6.07, 6.45) is 0. The molecule has 0 atom stereocenters. The van der Waals surface area contributed by atoms with Crippen molar-refractivity contribution in [1.29, 1.82) is 0 Å². The summed E-state index contributed by atoms with van der Waals surface area (Å²) in [7, 11) is 0. The average molecular weight is 305 g/mol. The number of rotatable bonds is 2. The van der Waals surface area contributed by atoms with E-state index >= 15 is 0 Å². The summed E-state index contributed by atoms with van der Waals surface area (Å²) in [5.74, 6) is -0.278. The molecule has 0 aliphatic carbocycles. The fourth-order valence-corrected chi connectivity index (χ4v) is 3.38. The van der Waals surface area contributed by atoms with Gasteiger partial charge < -0.3 is 5.73 Å². The van der Waals surface area contributed by atoms with Crippen LogP contribution in [-0.2, 0) is 0 Å². The van der Waals surface area contributed by atoms with Crippen molar-refractivity contribution in [2.45, 2.75) is 13.8 Å². The van der Waals surface area contributed by atoms with Gasteiger partial charge in [0.15, 0.2) is 0 Å². The van der Waals surface area contributed by atoms with Gasteiger partial charge in [-0.2, -0.15) is 0 Å². The van der Waals surface area contributed by atoms with Gasteiger partial charge in [0.1, 0.15) is 14.7 Å². The standard InChI is InChI=1S/C12H11N5OS2/c1-5-3-4-7-8(13)9(20-11(7)14-5)10(18)15-12-17-16-6(2)19-12/h3-4H,13H2,1-2H3,(H,15,17,18). The number of nitrogen functional groups attached to an aromatic ring is 1. The minimum atomic E-state index is -0.278. The highest BCUT2D eigenvalue weighted by molar-refractivity contribution is 7.21. The number of aromatic nitrogens is 3. The molecule has 0 saturated heterocycles. The van der Waals surface area contributed by atoms with E-state index in [0.717, 1.165) is 20.9 Å². The Labute approximate surface area is 122 Å². The van der Waals surface area contributed by atoms with E-state index in [1.165, 1.54) is 22.7 Å². The number of carbonyl (C=O) groups excluding carboxylic acids is 1. The monoisotopic (exact) mass is 305 g/mol. The van der Waals surface area contributed by atoms with Crippen LogP contribution >= 0.6 is 22.7 Å². The van der Waals surface area contributed by atoms with Crippen molar-refractivity contribution in [3.8, 4) is 0 Å². The molecular weight excluding hydrogens is 294 g/mol. The zero-order chi connectivity index (χ0) is 14.3. The van der Waals surface area contributed by atoms with Crippen molar-refractivity contribution in [3.63, 3.8) is 0 Å². The Kier molecular flexibility index (Phi) is 3.11. The smallest absolute Gasteiger partial charge is 0.269 e. The van der Waals surface area contributed by atoms with Crippen molar-refractivity contribution < 1.29 is 4.79 Å². The summed E-state index contributed by atoms with van der Waals surface area (Å²) in [6, 6.07) is 3.76. The Hall–Kier alpha value is -2.06. The van der Waals surface area contributed by atoms with Gasteiger partial charge in [-0.05, 0) is 26.0 Å². The van der Waals surface area contributed by atoms with Crippen molar-refractivity contribution in [2.75, 3.05) is 11.1 Å². The van der Waals surface area contributed by atoms with Crippen molar-refractivity contribution in [3.05, 3.63) is 27.7 Å². The molecule has 3 aromatic rings. The third kappa shape index (κ3) is 2.23. The first-order chi connectivity index (χ1) is 9.54. The highest BCUT2D eigenvalue weighted by atomic mass is 32.1. The Balaban J connectivity index is 1.97. The second-order valence-corrected chi connectivity index (χ2v) is 6.41. The summed E-state index contributed by atoms with van der Waals surface area (Å²) in [4.78, 5) is 17.8. The Morgan fingerprint density at radius 1 is 1.25 bits per heavy atom. The maximum atomic E-state index is 12.2. The highest BCUT2D eigenvalue weighted by Gasteiger charge is 2.18. The van der Waals surface area contributed by atoms with Gasteiger partial charge in [0, 0.05) is 11.1 Å². The van der Waals surface area contributed by atoms with Crippen LogP contribution in [0.4, 0.5) is 10.8 Å². The second-order valence-electron chi connectivity index (χ2n) is 4.23. The molecule has 3 heterocycles. The average Bonchev–Trinajstić information content (AvgIpc) is 2.94. The molecule has 0 aromatic carbocycles. The van der Waals surface area contributed by atoms with E-state index < -0.39 is 0 Å². The van der Waals surface area contributed by atoms with Crippen molar-refractivity contribution >= 4 is 49.6 Å². The molecule has 3 rings (SSSR count). The molecule has 102 valence electrons. The van der Waals surface area contributed by atoms with Crippen LogP contribution in [0.15, 0.2) is 12.1 Å². The molecule has 0 aliphatic rings. The maximum absolute atomic E-state index is 12.2. The number of pyridine rings is 1. The van der Waals surface area contributed by atoms with Gasteiger partial charge in [-0.15, -0.1) is 21.5 Å². The van der Waals surface area contributed by atoms with Crippen LogP contribution < -0.4 is 11.1 Å². The van der Waals surface area contributed by atoms with E-state index in [-0.39, 0.29) is 5.91 Å². The van der Waals surface area contributed by atoms with Gasteiger partial charge in [0.2, 0.25) is 5.13 Å². The number of hydrogen-bond acceptors (Lipinski definition) is 7. The second kappa shape index (κ2) is 4.80. The molecule has 0 unspecified atom stereocenters. The van der Waals surface area contributed by atoms with Crippen molar-refractivity contribution in [2.24, 2.45) is 0 Å². The van der Waals surface area contributed by atoms with E-state index in [1.807, 2.05) is 26.0 Å². The first-order valence-electron chi connectivity index (χ1n) is 5.81. The van der Waals surface area contributed by atoms with E-state index in [1.54, 1.807) is 0 Å². The number of amides is 1. The molecule has 0 fully saturated rings. The summed E-state index contributed by atoms with van der Waals surface area (Å²) in [5, 5.41) is 12.5. The van der Waals surface area contributed by atoms with Crippen molar-refractivity contribution in [1.82, 2.24) is 15.2 Å². The number of carbonyl (C=O) groups is 1. The lowest BCUT2D eigenvalue weighted by atomic mass is 10.2. The predicted octanol–water partition coefficient (Wildman–Crippen LogP) is 2.60. The number of aryl methyl sites for hydroxylation is 2. The summed E-state index contributed by atoms with van der Waals surface area (Å²) >= 11 is 2.60. The molecule has 20 heavy (non-hydrogen) atoms. The molecule has 3 N–H and O–H groups in total. The molecule has 0 spiro atoms. The Morgan fingerprint density at radius 3 is 2.75 bits per heavy atom. The van der Waals surface area contributed by atoms with Gasteiger partial charge in [0.05, 0.1) is 5.69 Å². The molecule has 8 heteroatoms. The lowest BCUT2D eigenvalue weighted by molar-refractivity contribution is 0.103. The number of anilines is 2. The first kappa shape index (κ1) is 12.9. The van der Waals surface area contributed by atoms with Gasteiger partial charge in [-0.1, -0.05) is 11.3 Å². The third-order valence-electron chi connectivity index (χ3n) is 2.69.